The van der Waals surface area contributed by atoms with Crippen LogP contribution in [0.2, 0.25) is 0 Å². The monoisotopic (exact) mass is 301 g/mol. The normalized spacial score (nSPS) is 13.5. The molecule has 19 heavy (non-hydrogen) atoms. The lowest BCUT2D eigenvalue weighted by atomic mass is 9.99. The summed E-state index contributed by atoms with van der Waals surface area (Å²) in [7, 11) is -3.53. The minimum absolute atomic E-state index is 0.114. The van der Waals surface area contributed by atoms with E-state index in [-0.39, 0.29) is 15.8 Å². The Morgan fingerprint density at radius 2 is 2.05 bits per heavy atom. The van der Waals surface area contributed by atoms with Crippen LogP contribution in [0.4, 0.5) is 0 Å². The number of sulfonamides is 1. The summed E-state index contributed by atoms with van der Waals surface area (Å²) in [5, 5.41) is 0. The van der Waals surface area contributed by atoms with E-state index in [1.165, 1.54) is 18.3 Å². The Labute approximate surface area is 119 Å². The second-order valence-electron chi connectivity index (χ2n) is 4.82. The number of hydrogen-bond donors (Lipinski definition) is 2. The Balaban J connectivity index is 2.80. The average Bonchev–Trinajstić information content (AvgIpc) is 2.36. The number of pyridine rings is 1. The molecule has 0 saturated heterocycles. The molecule has 0 aliphatic carbocycles. The first-order chi connectivity index (χ1) is 8.74. The van der Waals surface area contributed by atoms with Gasteiger partial charge in [-0.05, 0) is 24.0 Å². The number of rotatable bonds is 6. The molecule has 106 valence electrons. The van der Waals surface area contributed by atoms with Gasteiger partial charge < -0.3 is 5.73 Å². The van der Waals surface area contributed by atoms with Gasteiger partial charge >= 0.3 is 0 Å². The third-order valence-corrected chi connectivity index (χ3v) is 4.65. The number of hydrogen-bond acceptors (Lipinski definition) is 4. The fourth-order valence-electron chi connectivity index (χ4n) is 1.25. The van der Waals surface area contributed by atoms with E-state index in [0.717, 1.165) is 0 Å². The molecule has 1 rings (SSSR count). The van der Waals surface area contributed by atoms with Crippen LogP contribution >= 0.6 is 12.2 Å². The predicted octanol–water partition coefficient (Wildman–Crippen LogP) is 1.29. The molecule has 0 aliphatic rings. The first kappa shape index (κ1) is 16.0. The molecule has 0 aromatic carbocycles. The molecule has 1 aromatic rings. The highest BCUT2D eigenvalue weighted by molar-refractivity contribution is 7.89. The lowest BCUT2D eigenvalue weighted by Gasteiger charge is -2.16. The van der Waals surface area contributed by atoms with Crippen molar-refractivity contribution < 1.29 is 8.42 Å². The Morgan fingerprint density at radius 3 is 2.47 bits per heavy atom. The molecule has 0 radical (unpaired) electrons. The van der Waals surface area contributed by atoms with Crippen LogP contribution in [0.15, 0.2) is 23.2 Å². The van der Waals surface area contributed by atoms with Gasteiger partial charge in [0.15, 0.2) is 0 Å². The largest absolute Gasteiger partial charge is 0.388 e. The molecular weight excluding hydrogens is 282 g/mol. The Bertz CT molecular complexity index is 539. The average molecular weight is 301 g/mol. The third-order valence-electron chi connectivity index (χ3n) is 3.03. The van der Waals surface area contributed by atoms with Crippen molar-refractivity contribution in [3.8, 4) is 0 Å². The van der Waals surface area contributed by atoms with Crippen LogP contribution in [0.25, 0.3) is 0 Å². The Hall–Kier alpha value is -1.05. The van der Waals surface area contributed by atoms with Gasteiger partial charge in [0.1, 0.15) is 9.88 Å². The fourth-order valence-corrected chi connectivity index (χ4v) is 2.45. The quantitative estimate of drug-likeness (QED) is 0.773. The highest BCUT2D eigenvalue weighted by Crippen LogP contribution is 2.11. The number of nitrogens with two attached hydrogens (primary N) is 1. The first-order valence-corrected chi connectivity index (χ1v) is 7.88. The van der Waals surface area contributed by atoms with Crippen molar-refractivity contribution in [2.24, 2.45) is 17.6 Å². The molecule has 1 unspecified atom stereocenters. The van der Waals surface area contributed by atoms with Gasteiger partial charge in [-0.15, -0.1) is 0 Å². The van der Waals surface area contributed by atoms with Crippen LogP contribution in [0.5, 0.6) is 0 Å². The zero-order valence-corrected chi connectivity index (χ0v) is 12.9. The van der Waals surface area contributed by atoms with E-state index in [0.29, 0.717) is 18.2 Å². The van der Waals surface area contributed by atoms with Gasteiger partial charge in [0.05, 0.1) is 5.69 Å². The predicted molar refractivity (Wildman–Crippen MR) is 79.3 cm³/mol. The molecule has 5 nitrogen and oxygen atoms in total. The van der Waals surface area contributed by atoms with Gasteiger partial charge in [0.25, 0.3) is 0 Å². The highest BCUT2D eigenvalue weighted by Gasteiger charge is 2.17. The second kappa shape index (κ2) is 6.40. The molecule has 0 spiro atoms. The van der Waals surface area contributed by atoms with Crippen molar-refractivity contribution in [3.05, 3.63) is 24.0 Å². The maximum absolute atomic E-state index is 12.0. The van der Waals surface area contributed by atoms with Crippen molar-refractivity contribution in [1.82, 2.24) is 9.71 Å². The molecule has 3 N–H and O–H groups in total. The van der Waals surface area contributed by atoms with E-state index < -0.39 is 10.0 Å². The molecule has 0 fully saturated rings. The van der Waals surface area contributed by atoms with E-state index in [1.54, 1.807) is 0 Å². The highest BCUT2D eigenvalue weighted by atomic mass is 32.2. The maximum atomic E-state index is 12.0. The molecule has 1 atom stereocenters. The number of aromatic nitrogens is 1. The smallest absolute Gasteiger partial charge is 0.242 e. The van der Waals surface area contributed by atoms with Gasteiger partial charge in [-0.3, -0.25) is 4.98 Å². The van der Waals surface area contributed by atoms with Crippen LogP contribution in [-0.2, 0) is 10.0 Å². The van der Waals surface area contributed by atoms with Gasteiger partial charge in [0, 0.05) is 12.7 Å². The van der Waals surface area contributed by atoms with Gasteiger partial charge in [-0.2, -0.15) is 0 Å². The van der Waals surface area contributed by atoms with E-state index in [4.69, 9.17) is 18.0 Å². The number of thiocarbonyl (C=S) groups is 1. The van der Waals surface area contributed by atoms with Crippen LogP contribution in [0, 0.1) is 11.8 Å². The standard InChI is InChI=1S/C12H19N3O2S2/c1-8(2)9(3)6-15-19(16,17)10-4-5-11(12(13)18)14-7-10/h4-5,7-9,15H,6H2,1-3H3,(H2,13,18). The van der Waals surface area contributed by atoms with E-state index >= 15 is 0 Å². The van der Waals surface area contributed by atoms with Gasteiger partial charge in [-0.25, -0.2) is 13.1 Å². The van der Waals surface area contributed by atoms with Crippen molar-refractivity contribution in [2.45, 2.75) is 25.7 Å². The van der Waals surface area contributed by atoms with Crippen molar-refractivity contribution >= 4 is 27.2 Å². The SMILES string of the molecule is CC(C)C(C)CNS(=O)(=O)c1ccc(C(N)=S)nc1. The number of nitrogens with zero attached hydrogens (tertiary/aromatic N) is 1. The van der Waals surface area contributed by atoms with E-state index in [2.05, 4.69) is 23.6 Å². The van der Waals surface area contributed by atoms with Gasteiger partial charge in [0.2, 0.25) is 10.0 Å². The molecular formula is C12H19N3O2S2. The van der Waals surface area contributed by atoms with Crippen LogP contribution < -0.4 is 10.5 Å². The first-order valence-electron chi connectivity index (χ1n) is 5.99. The summed E-state index contributed by atoms with van der Waals surface area (Å²) in [5.74, 6) is 0.677. The van der Waals surface area contributed by atoms with Gasteiger partial charge in [-0.1, -0.05) is 33.0 Å². The zero-order chi connectivity index (χ0) is 14.6. The lowest BCUT2D eigenvalue weighted by molar-refractivity contribution is 0.414. The maximum Gasteiger partial charge on any atom is 0.242 e. The Morgan fingerprint density at radius 1 is 1.42 bits per heavy atom. The van der Waals surface area contributed by atoms with Crippen molar-refractivity contribution in [1.29, 1.82) is 0 Å². The summed E-state index contributed by atoms with van der Waals surface area (Å²) >= 11 is 4.76. The third kappa shape index (κ3) is 4.52. The van der Waals surface area contributed by atoms with Crippen LogP contribution in [0.3, 0.4) is 0 Å². The molecule has 7 heteroatoms. The zero-order valence-electron chi connectivity index (χ0n) is 11.3. The van der Waals surface area contributed by atoms with E-state index in [1.807, 2.05) is 6.92 Å². The summed E-state index contributed by atoms with van der Waals surface area (Å²) in [6, 6.07) is 2.95. The lowest BCUT2D eigenvalue weighted by Crippen LogP contribution is -2.30. The van der Waals surface area contributed by atoms with Crippen LogP contribution in [0.1, 0.15) is 26.5 Å². The molecule has 0 saturated carbocycles. The summed E-state index contributed by atoms with van der Waals surface area (Å²) in [6.45, 7) is 6.51. The molecule has 0 aliphatic heterocycles. The van der Waals surface area contributed by atoms with Crippen molar-refractivity contribution in [2.75, 3.05) is 6.54 Å². The second-order valence-corrected chi connectivity index (χ2v) is 7.02. The summed E-state index contributed by atoms with van der Waals surface area (Å²) in [6.07, 6.45) is 1.26. The minimum atomic E-state index is -3.53. The fraction of sp³-hybridized carbons (Fsp3) is 0.500. The van der Waals surface area contributed by atoms with Crippen LogP contribution in [-0.4, -0.2) is 24.9 Å². The minimum Gasteiger partial charge on any atom is -0.388 e. The topological polar surface area (TPSA) is 85.1 Å². The molecule has 1 aromatic heterocycles. The summed E-state index contributed by atoms with van der Waals surface area (Å²) in [4.78, 5) is 4.18. The summed E-state index contributed by atoms with van der Waals surface area (Å²) < 4.78 is 26.6. The van der Waals surface area contributed by atoms with Crippen molar-refractivity contribution in [3.63, 3.8) is 0 Å². The summed E-state index contributed by atoms with van der Waals surface area (Å²) in [5.41, 5.74) is 5.82. The van der Waals surface area contributed by atoms with E-state index in [9.17, 15) is 8.42 Å². The molecule has 0 amide bonds. The Kier molecular flexibility index (Phi) is 5.39. The number of nitrogens with one attached hydrogen (secondary N) is 1. The molecule has 0 bridgehead atoms. The molecule has 1 heterocycles.